The number of hydrogen-bond donors (Lipinski definition) is 3. The molecule has 0 fully saturated rings. The molecule has 0 unspecified atom stereocenters. The summed E-state index contributed by atoms with van der Waals surface area (Å²) in [5, 5.41) is 12.7. The number of fused-ring (bicyclic) bond motifs is 1. The lowest BCUT2D eigenvalue weighted by Gasteiger charge is -2.09. The smallest absolute Gasteiger partial charge is 0.243 e. The number of aromatic nitrogens is 2. The fourth-order valence-corrected chi connectivity index (χ4v) is 2.33. The van der Waals surface area contributed by atoms with E-state index in [2.05, 4.69) is 15.3 Å². The molecule has 0 atom stereocenters. The molecule has 23 heavy (non-hydrogen) atoms. The molecule has 0 saturated heterocycles. The zero-order chi connectivity index (χ0) is 16.5. The molecule has 1 heterocycles. The van der Waals surface area contributed by atoms with Crippen molar-refractivity contribution in [1.29, 1.82) is 0 Å². The molecule has 0 aliphatic rings. The second-order valence-corrected chi connectivity index (χ2v) is 5.23. The molecular weight excluding hydrogens is 296 g/mol. The lowest BCUT2D eigenvalue weighted by molar-refractivity contribution is -0.129. The minimum atomic E-state index is -0.328. The highest BCUT2D eigenvalue weighted by Crippen LogP contribution is 2.23. The Kier molecular flexibility index (Phi) is 6.56. The quantitative estimate of drug-likeness (QED) is 0.373. The third-order valence-electron chi connectivity index (χ3n) is 3.59. The Bertz CT molecular complexity index is 648. The maximum Gasteiger partial charge on any atom is 0.243 e. The number of amides is 1. The van der Waals surface area contributed by atoms with Crippen molar-refractivity contribution in [2.45, 2.75) is 32.1 Å². The largest absolute Gasteiger partial charge is 0.497 e. The summed E-state index contributed by atoms with van der Waals surface area (Å²) in [5.41, 5.74) is 2.48. The molecule has 1 aromatic carbocycles. The summed E-state index contributed by atoms with van der Waals surface area (Å²) >= 11 is 0. The second-order valence-electron chi connectivity index (χ2n) is 5.23. The van der Waals surface area contributed by atoms with Crippen molar-refractivity contribution in [3.05, 3.63) is 24.5 Å². The molecule has 0 spiro atoms. The standard InChI is InChI=1S/C16H22N4O3/c1-23-12-7-8-13-14(10-12)18-11-19-16(13)17-9-5-3-2-4-6-15(21)20-22/h7-8,10-11,22H,2-6,9H2,1H3,(H,20,21)(H,17,18,19). The zero-order valence-electron chi connectivity index (χ0n) is 13.2. The lowest BCUT2D eigenvalue weighted by atomic mass is 10.1. The molecule has 124 valence electrons. The van der Waals surface area contributed by atoms with Crippen LogP contribution in [-0.2, 0) is 4.79 Å². The Hall–Kier alpha value is -2.41. The van der Waals surface area contributed by atoms with Crippen molar-refractivity contribution in [3.63, 3.8) is 0 Å². The Morgan fingerprint density at radius 1 is 1.22 bits per heavy atom. The molecule has 7 heteroatoms. The molecule has 0 bridgehead atoms. The van der Waals surface area contributed by atoms with Crippen LogP contribution in [0.1, 0.15) is 32.1 Å². The number of rotatable bonds is 9. The van der Waals surface area contributed by atoms with Crippen LogP contribution in [0.25, 0.3) is 10.9 Å². The monoisotopic (exact) mass is 318 g/mol. The van der Waals surface area contributed by atoms with E-state index in [4.69, 9.17) is 9.94 Å². The van der Waals surface area contributed by atoms with Crippen LogP contribution in [0, 0.1) is 0 Å². The van der Waals surface area contributed by atoms with Gasteiger partial charge in [0.25, 0.3) is 0 Å². The third-order valence-corrected chi connectivity index (χ3v) is 3.59. The first kappa shape index (κ1) is 17.0. The van der Waals surface area contributed by atoms with Gasteiger partial charge in [0.05, 0.1) is 12.6 Å². The summed E-state index contributed by atoms with van der Waals surface area (Å²) in [6, 6.07) is 5.72. The van der Waals surface area contributed by atoms with Crippen molar-refractivity contribution in [2.24, 2.45) is 0 Å². The fraction of sp³-hybridized carbons (Fsp3) is 0.438. The van der Waals surface area contributed by atoms with Gasteiger partial charge in [-0.1, -0.05) is 12.8 Å². The van der Waals surface area contributed by atoms with Crippen LogP contribution in [0.3, 0.4) is 0 Å². The van der Waals surface area contributed by atoms with Gasteiger partial charge in [-0.15, -0.1) is 0 Å². The summed E-state index contributed by atoms with van der Waals surface area (Å²) in [4.78, 5) is 19.4. The van der Waals surface area contributed by atoms with Gasteiger partial charge in [0, 0.05) is 24.4 Å². The number of nitrogens with one attached hydrogen (secondary N) is 2. The summed E-state index contributed by atoms with van der Waals surface area (Å²) in [7, 11) is 1.63. The Morgan fingerprint density at radius 3 is 2.83 bits per heavy atom. The molecular formula is C16H22N4O3. The number of carbonyl (C=O) groups is 1. The molecule has 0 aliphatic heterocycles. The average Bonchev–Trinajstić information content (AvgIpc) is 2.60. The Morgan fingerprint density at radius 2 is 2.04 bits per heavy atom. The Balaban J connectivity index is 1.78. The molecule has 1 amide bonds. The molecule has 2 aromatic rings. The predicted molar refractivity (Wildman–Crippen MR) is 87.6 cm³/mol. The molecule has 0 aliphatic carbocycles. The highest BCUT2D eigenvalue weighted by molar-refractivity contribution is 5.89. The van der Waals surface area contributed by atoms with E-state index in [9.17, 15) is 4.79 Å². The van der Waals surface area contributed by atoms with Crippen LogP contribution in [-0.4, -0.2) is 34.7 Å². The maximum absolute atomic E-state index is 10.9. The molecule has 2 rings (SSSR count). The number of anilines is 1. The van der Waals surface area contributed by atoms with Gasteiger partial charge in [-0.05, 0) is 25.0 Å². The number of unbranched alkanes of at least 4 members (excludes halogenated alkanes) is 3. The highest BCUT2D eigenvalue weighted by Gasteiger charge is 2.04. The first-order chi connectivity index (χ1) is 11.2. The van der Waals surface area contributed by atoms with Gasteiger partial charge >= 0.3 is 0 Å². The number of methoxy groups -OCH3 is 1. The van der Waals surface area contributed by atoms with E-state index >= 15 is 0 Å². The van der Waals surface area contributed by atoms with Gasteiger partial charge in [-0.2, -0.15) is 0 Å². The van der Waals surface area contributed by atoms with E-state index in [0.717, 1.165) is 54.7 Å². The van der Waals surface area contributed by atoms with Crippen molar-refractivity contribution in [3.8, 4) is 5.75 Å². The van der Waals surface area contributed by atoms with E-state index < -0.39 is 0 Å². The fourth-order valence-electron chi connectivity index (χ4n) is 2.33. The average molecular weight is 318 g/mol. The van der Waals surface area contributed by atoms with Gasteiger partial charge in [0.2, 0.25) is 5.91 Å². The van der Waals surface area contributed by atoms with Gasteiger partial charge in [-0.3, -0.25) is 10.0 Å². The highest BCUT2D eigenvalue weighted by atomic mass is 16.5. The van der Waals surface area contributed by atoms with E-state index in [1.165, 1.54) is 6.33 Å². The maximum atomic E-state index is 10.9. The van der Waals surface area contributed by atoms with Crippen LogP contribution in [0.15, 0.2) is 24.5 Å². The van der Waals surface area contributed by atoms with E-state index in [-0.39, 0.29) is 5.91 Å². The minimum Gasteiger partial charge on any atom is -0.497 e. The number of ether oxygens (including phenoxy) is 1. The molecule has 0 radical (unpaired) electrons. The Labute approximate surface area is 135 Å². The summed E-state index contributed by atoms with van der Waals surface area (Å²) in [6.45, 7) is 0.810. The number of nitrogens with zero attached hydrogens (tertiary/aromatic N) is 2. The summed E-state index contributed by atoms with van der Waals surface area (Å²) in [5.74, 6) is 1.26. The first-order valence-corrected chi connectivity index (χ1v) is 7.70. The van der Waals surface area contributed by atoms with E-state index in [0.29, 0.717) is 6.42 Å². The lowest BCUT2D eigenvalue weighted by Crippen LogP contribution is -2.17. The number of hydroxylamine groups is 1. The topological polar surface area (TPSA) is 96.4 Å². The van der Waals surface area contributed by atoms with Crippen molar-refractivity contribution in [2.75, 3.05) is 19.0 Å². The van der Waals surface area contributed by atoms with E-state index in [1.54, 1.807) is 12.6 Å². The van der Waals surface area contributed by atoms with E-state index in [1.807, 2.05) is 18.2 Å². The number of carbonyl (C=O) groups excluding carboxylic acids is 1. The second kappa shape index (κ2) is 8.89. The summed E-state index contributed by atoms with van der Waals surface area (Å²) in [6.07, 6.45) is 5.64. The van der Waals surface area contributed by atoms with Crippen molar-refractivity contribution >= 4 is 22.6 Å². The predicted octanol–water partition coefficient (Wildman–Crippen LogP) is 2.51. The number of benzene rings is 1. The van der Waals surface area contributed by atoms with Crippen LogP contribution in [0.4, 0.5) is 5.82 Å². The van der Waals surface area contributed by atoms with Crippen LogP contribution in [0.2, 0.25) is 0 Å². The molecule has 0 saturated carbocycles. The van der Waals surface area contributed by atoms with Crippen LogP contribution >= 0.6 is 0 Å². The third kappa shape index (κ3) is 5.07. The first-order valence-electron chi connectivity index (χ1n) is 7.70. The van der Waals surface area contributed by atoms with Gasteiger partial charge < -0.3 is 10.1 Å². The van der Waals surface area contributed by atoms with Crippen LogP contribution < -0.4 is 15.5 Å². The van der Waals surface area contributed by atoms with Crippen LogP contribution in [0.5, 0.6) is 5.75 Å². The zero-order valence-corrected chi connectivity index (χ0v) is 13.2. The van der Waals surface area contributed by atoms with Gasteiger partial charge in [-0.25, -0.2) is 15.4 Å². The molecule has 3 N–H and O–H groups in total. The number of hydrogen-bond acceptors (Lipinski definition) is 6. The SMILES string of the molecule is COc1ccc2c(NCCCCCCC(=O)NO)ncnc2c1. The molecule has 1 aromatic heterocycles. The summed E-state index contributed by atoms with van der Waals surface area (Å²) < 4.78 is 5.20. The molecule has 7 nitrogen and oxygen atoms in total. The normalized spacial score (nSPS) is 10.5. The van der Waals surface area contributed by atoms with Gasteiger partial charge in [0.1, 0.15) is 17.9 Å². The minimum absolute atomic E-state index is 0.328. The van der Waals surface area contributed by atoms with Gasteiger partial charge in [0.15, 0.2) is 0 Å². The van der Waals surface area contributed by atoms with Crippen molar-refractivity contribution in [1.82, 2.24) is 15.4 Å². The van der Waals surface area contributed by atoms with Crippen molar-refractivity contribution < 1.29 is 14.7 Å².